The SMILES string of the molecule is CC(C)CC(CN)CC(=O)NC1CCCCC1O. The average molecular weight is 256 g/mol. The quantitative estimate of drug-likeness (QED) is 0.672. The van der Waals surface area contributed by atoms with Crippen LogP contribution in [0.15, 0.2) is 0 Å². The first kappa shape index (κ1) is 15.4. The summed E-state index contributed by atoms with van der Waals surface area (Å²) < 4.78 is 0. The van der Waals surface area contributed by atoms with E-state index in [2.05, 4.69) is 19.2 Å². The molecule has 4 N–H and O–H groups in total. The van der Waals surface area contributed by atoms with Crippen molar-refractivity contribution in [2.45, 2.75) is 64.5 Å². The van der Waals surface area contributed by atoms with Gasteiger partial charge >= 0.3 is 0 Å². The van der Waals surface area contributed by atoms with Crippen molar-refractivity contribution in [1.82, 2.24) is 5.32 Å². The Morgan fingerprint density at radius 2 is 2.06 bits per heavy atom. The highest BCUT2D eigenvalue weighted by atomic mass is 16.3. The highest BCUT2D eigenvalue weighted by Crippen LogP contribution is 2.19. The van der Waals surface area contributed by atoms with Gasteiger partial charge in [0.05, 0.1) is 12.1 Å². The van der Waals surface area contributed by atoms with Crippen LogP contribution in [0.5, 0.6) is 0 Å². The fraction of sp³-hybridized carbons (Fsp3) is 0.929. The molecule has 4 heteroatoms. The minimum absolute atomic E-state index is 0.0389. The monoisotopic (exact) mass is 256 g/mol. The van der Waals surface area contributed by atoms with Crippen LogP contribution in [0.25, 0.3) is 0 Å². The Balaban J connectivity index is 2.34. The molecule has 18 heavy (non-hydrogen) atoms. The summed E-state index contributed by atoms with van der Waals surface area (Å²) in [6.45, 7) is 4.84. The Bertz CT molecular complexity index is 256. The first-order valence-electron chi connectivity index (χ1n) is 7.20. The number of amides is 1. The molecule has 4 nitrogen and oxygen atoms in total. The van der Waals surface area contributed by atoms with Crippen molar-refractivity contribution in [2.75, 3.05) is 6.54 Å². The van der Waals surface area contributed by atoms with Crippen LogP contribution in [0.2, 0.25) is 0 Å². The fourth-order valence-corrected chi connectivity index (χ4v) is 2.74. The zero-order valence-corrected chi connectivity index (χ0v) is 11.7. The van der Waals surface area contributed by atoms with Crippen LogP contribution in [0.3, 0.4) is 0 Å². The second-order valence-corrected chi connectivity index (χ2v) is 5.96. The Morgan fingerprint density at radius 3 is 2.61 bits per heavy atom. The lowest BCUT2D eigenvalue weighted by Crippen LogP contribution is -2.45. The van der Waals surface area contributed by atoms with Crippen LogP contribution >= 0.6 is 0 Å². The summed E-state index contributed by atoms with van der Waals surface area (Å²) in [6.07, 6.45) is 4.95. The van der Waals surface area contributed by atoms with Crippen molar-refractivity contribution in [2.24, 2.45) is 17.6 Å². The van der Waals surface area contributed by atoms with Crippen molar-refractivity contribution in [3.8, 4) is 0 Å². The number of carbonyl (C=O) groups is 1. The van der Waals surface area contributed by atoms with Gasteiger partial charge in [0, 0.05) is 6.42 Å². The van der Waals surface area contributed by atoms with Crippen molar-refractivity contribution < 1.29 is 9.90 Å². The molecule has 1 amide bonds. The standard InChI is InChI=1S/C14H28N2O2/c1-10(2)7-11(9-15)8-14(18)16-12-5-3-4-6-13(12)17/h10-13,17H,3-9,15H2,1-2H3,(H,16,18). The zero-order valence-electron chi connectivity index (χ0n) is 11.7. The summed E-state index contributed by atoms with van der Waals surface area (Å²) in [7, 11) is 0. The molecule has 3 unspecified atom stereocenters. The molecule has 0 radical (unpaired) electrons. The van der Waals surface area contributed by atoms with Crippen LogP contribution in [-0.2, 0) is 4.79 Å². The predicted octanol–water partition coefficient (Wildman–Crippen LogP) is 1.42. The van der Waals surface area contributed by atoms with Crippen molar-refractivity contribution >= 4 is 5.91 Å². The van der Waals surface area contributed by atoms with Crippen LogP contribution in [0.4, 0.5) is 0 Å². The maximum absolute atomic E-state index is 11.9. The summed E-state index contributed by atoms with van der Waals surface area (Å²) in [5, 5.41) is 12.8. The molecule has 106 valence electrons. The highest BCUT2D eigenvalue weighted by Gasteiger charge is 2.25. The third kappa shape index (κ3) is 5.36. The van der Waals surface area contributed by atoms with E-state index in [1.54, 1.807) is 0 Å². The minimum atomic E-state index is -0.371. The van der Waals surface area contributed by atoms with Gasteiger partial charge in [-0.1, -0.05) is 26.7 Å². The van der Waals surface area contributed by atoms with Gasteiger partial charge in [0.25, 0.3) is 0 Å². The van der Waals surface area contributed by atoms with Gasteiger partial charge in [-0.15, -0.1) is 0 Å². The molecular formula is C14H28N2O2. The summed E-state index contributed by atoms with van der Waals surface area (Å²) >= 11 is 0. The Hall–Kier alpha value is -0.610. The van der Waals surface area contributed by atoms with Crippen LogP contribution in [0, 0.1) is 11.8 Å². The molecule has 0 spiro atoms. The van der Waals surface area contributed by atoms with Crippen molar-refractivity contribution in [3.05, 3.63) is 0 Å². The Kier molecular flexibility index (Phi) is 6.65. The summed E-state index contributed by atoms with van der Waals surface area (Å²) in [6, 6.07) is -0.0521. The third-order valence-corrected chi connectivity index (χ3v) is 3.69. The van der Waals surface area contributed by atoms with E-state index in [1.807, 2.05) is 0 Å². The second-order valence-electron chi connectivity index (χ2n) is 5.96. The molecule has 1 aliphatic carbocycles. The second kappa shape index (κ2) is 7.74. The molecule has 1 saturated carbocycles. The van der Waals surface area contributed by atoms with E-state index in [1.165, 1.54) is 0 Å². The molecule has 0 bridgehead atoms. The van der Waals surface area contributed by atoms with E-state index < -0.39 is 0 Å². The molecule has 0 aromatic rings. The van der Waals surface area contributed by atoms with Crippen LogP contribution in [-0.4, -0.2) is 29.7 Å². The molecule has 1 fully saturated rings. The first-order valence-corrected chi connectivity index (χ1v) is 7.20. The van der Waals surface area contributed by atoms with E-state index in [-0.39, 0.29) is 24.0 Å². The van der Waals surface area contributed by atoms with Crippen molar-refractivity contribution in [1.29, 1.82) is 0 Å². The average Bonchev–Trinajstić information content (AvgIpc) is 2.30. The maximum Gasteiger partial charge on any atom is 0.220 e. The summed E-state index contributed by atoms with van der Waals surface area (Å²) in [5.41, 5.74) is 5.70. The first-order chi connectivity index (χ1) is 8.52. The molecule has 0 aromatic heterocycles. The number of aliphatic hydroxyl groups is 1. The van der Waals surface area contributed by atoms with Gasteiger partial charge in [-0.05, 0) is 37.6 Å². The normalized spacial score (nSPS) is 26.1. The molecule has 0 heterocycles. The van der Waals surface area contributed by atoms with Gasteiger partial charge in [-0.25, -0.2) is 0 Å². The maximum atomic E-state index is 11.9. The van der Waals surface area contributed by atoms with Gasteiger partial charge in [0.2, 0.25) is 5.91 Å². The number of nitrogens with two attached hydrogens (primary N) is 1. The number of aliphatic hydroxyl groups excluding tert-OH is 1. The van der Waals surface area contributed by atoms with E-state index in [4.69, 9.17) is 5.73 Å². The van der Waals surface area contributed by atoms with Gasteiger partial charge < -0.3 is 16.2 Å². The van der Waals surface area contributed by atoms with E-state index in [0.717, 1.165) is 32.1 Å². The fourth-order valence-electron chi connectivity index (χ4n) is 2.74. The number of rotatable bonds is 6. The van der Waals surface area contributed by atoms with Gasteiger partial charge in [0.15, 0.2) is 0 Å². The van der Waals surface area contributed by atoms with Crippen molar-refractivity contribution in [3.63, 3.8) is 0 Å². The van der Waals surface area contributed by atoms with E-state index in [9.17, 15) is 9.90 Å². The molecular weight excluding hydrogens is 228 g/mol. The minimum Gasteiger partial charge on any atom is -0.391 e. The lowest BCUT2D eigenvalue weighted by atomic mass is 9.91. The largest absolute Gasteiger partial charge is 0.391 e. The number of carbonyl (C=O) groups excluding carboxylic acids is 1. The zero-order chi connectivity index (χ0) is 13.5. The number of hydrogen-bond donors (Lipinski definition) is 3. The van der Waals surface area contributed by atoms with Gasteiger partial charge in [-0.2, -0.15) is 0 Å². The Labute approximate surface area is 110 Å². The van der Waals surface area contributed by atoms with Crippen LogP contribution in [0.1, 0.15) is 52.4 Å². The van der Waals surface area contributed by atoms with Crippen LogP contribution < -0.4 is 11.1 Å². The predicted molar refractivity (Wildman–Crippen MR) is 73.0 cm³/mol. The molecule has 0 aliphatic heterocycles. The van der Waals surface area contributed by atoms with Gasteiger partial charge in [0.1, 0.15) is 0 Å². The summed E-state index contributed by atoms with van der Waals surface area (Å²) in [4.78, 5) is 11.9. The smallest absolute Gasteiger partial charge is 0.220 e. The number of nitrogens with one attached hydrogen (secondary N) is 1. The summed E-state index contributed by atoms with van der Waals surface area (Å²) in [5.74, 6) is 0.856. The third-order valence-electron chi connectivity index (χ3n) is 3.69. The molecule has 0 saturated heterocycles. The van der Waals surface area contributed by atoms with E-state index >= 15 is 0 Å². The topological polar surface area (TPSA) is 75.4 Å². The molecule has 3 atom stereocenters. The van der Waals surface area contributed by atoms with E-state index in [0.29, 0.717) is 18.9 Å². The highest BCUT2D eigenvalue weighted by molar-refractivity contribution is 5.76. The number of hydrogen-bond acceptors (Lipinski definition) is 3. The lowest BCUT2D eigenvalue weighted by molar-refractivity contribution is -0.124. The molecule has 1 aliphatic rings. The molecule has 1 rings (SSSR count). The lowest BCUT2D eigenvalue weighted by Gasteiger charge is -2.29. The molecule has 0 aromatic carbocycles. The Morgan fingerprint density at radius 1 is 1.39 bits per heavy atom. The van der Waals surface area contributed by atoms with Gasteiger partial charge in [-0.3, -0.25) is 4.79 Å².